The van der Waals surface area contributed by atoms with Gasteiger partial charge in [-0.2, -0.15) is 0 Å². The third kappa shape index (κ3) is 4.96. The number of phenolic OH excluding ortho intramolecular Hbond substituents is 1. The van der Waals surface area contributed by atoms with E-state index in [-0.39, 0.29) is 35.7 Å². The number of primary amides is 1. The van der Waals surface area contributed by atoms with Crippen LogP contribution in [0.2, 0.25) is 0 Å². The van der Waals surface area contributed by atoms with Gasteiger partial charge in [0.15, 0.2) is 11.4 Å². The summed E-state index contributed by atoms with van der Waals surface area (Å²) in [7, 11) is 3.13. The fraction of sp³-hybridized carbons (Fsp3) is 0.351. The Labute approximate surface area is 276 Å². The topological polar surface area (TPSA) is 188 Å². The molecule has 0 spiro atoms. The number of nitrogens with two attached hydrogens (primary N) is 1. The minimum absolute atomic E-state index is 0.00100. The average molecular weight is 655 g/mol. The third-order valence-electron chi connectivity index (χ3n) is 10.0. The summed E-state index contributed by atoms with van der Waals surface area (Å²) in [5.74, 6) is -7.16. The van der Waals surface area contributed by atoms with Crippen LogP contribution in [-0.4, -0.2) is 81.1 Å². The molecule has 1 saturated carbocycles. The number of aliphatic hydroxyl groups excluding tert-OH is 2. The molecule has 0 aromatic heterocycles. The summed E-state index contributed by atoms with van der Waals surface area (Å²) in [5, 5.41) is 47.6. The number of carbonyl (C=O) groups is 4. The molecular formula is C37H38N2O9. The number of ketones is 2. The van der Waals surface area contributed by atoms with Crippen LogP contribution in [0.3, 0.4) is 0 Å². The molecule has 6 N–H and O–H groups in total. The summed E-state index contributed by atoms with van der Waals surface area (Å²) in [4.78, 5) is 53.2. The van der Waals surface area contributed by atoms with E-state index in [0.717, 1.165) is 27.5 Å². The van der Waals surface area contributed by atoms with Gasteiger partial charge >= 0.3 is 5.97 Å². The average Bonchev–Trinajstić information content (AvgIpc) is 3.03. The quantitative estimate of drug-likeness (QED) is 0.177. The van der Waals surface area contributed by atoms with Crippen LogP contribution >= 0.6 is 0 Å². The molecule has 3 aromatic carbocycles. The molecule has 0 radical (unpaired) electrons. The Morgan fingerprint density at radius 2 is 1.69 bits per heavy atom. The Balaban J connectivity index is 1.47. The van der Waals surface area contributed by atoms with Gasteiger partial charge in [0.05, 0.1) is 18.2 Å². The number of aromatic hydroxyl groups is 1. The lowest BCUT2D eigenvalue weighted by Gasteiger charge is -2.50. The molecule has 4 atom stereocenters. The Hall–Kier alpha value is -5.00. The van der Waals surface area contributed by atoms with Crippen molar-refractivity contribution >= 4 is 40.0 Å². The van der Waals surface area contributed by atoms with E-state index in [9.17, 15) is 39.6 Å². The fourth-order valence-corrected chi connectivity index (χ4v) is 7.97. The monoisotopic (exact) mass is 654 g/mol. The van der Waals surface area contributed by atoms with E-state index in [2.05, 4.69) is 0 Å². The molecule has 0 heterocycles. The molecule has 0 saturated heterocycles. The maximum atomic E-state index is 14.2. The standard InChI is InChI=1S/C37H38N2O9/c1-4-48-27(41)11-7-8-18-12-13-22(21-10-6-5-9-20(18)21)23-14-15-26(40)29-24(23)16-19-17-25-31(39(2)3)33(43)30(36(38)46)35(45)37(25,47)34(44)28(19)32(29)42/h5-6,9-10,12-15,19,25,31,40,42,45,47H,4,7-8,11,16-17H2,1-3H3,(H2,38,46)/t19-,25-,31-,37-/m1/s1. The predicted molar refractivity (Wildman–Crippen MR) is 177 cm³/mol. The number of rotatable bonds is 8. The van der Waals surface area contributed by atoms with Gasteiger partial charge in [0.1, 0.15) is 22.8 Å². The largest absolute Gasteiger partial charge is 0.508 e. The van der Waals surface area contributed by atoms with Crippen LogP contribution in [0.1, 0.15) is 42.9 Å². The number of benzene rings is 3. The highest BCUT2D eigenvalue weighted by Crippen LogP contribution is 2.54. The lowest BCUT2D eigenvalue weighted by atomic mass is 9.57. The first-order chi connectivity index (χ1) is 22.8. The van der Waals surface area contributed by atoms with Gasteiger partial charge in [-0.25, -0.2) is 0 Å². The van der Waals surface area contributed by atoms with Crippen molar-refractivity contribution in [3.8, 4) is 16.9 Å². The maximum absolute atomic E-state index is 14.2. The van der Waals surface area contributed by atoms with Crippen molar-refractivity contribution in [3.05, 3.63) is 82.1 Å². The SMILES string of the molecule is CCOC(=O)CCCc1ccc(-c2ccc(O)c3c2C[C@@H]2C[C@@H]4[C@@H](N(C)C)C(=O)C(C(N)=O)=C(O)[C@]4(O)C(=O)C2=C3O)c2ccccc12. The number of aliphatic hydroxyl groups is 3. The van der Waals surface area contributed by atoms with Crippen LogP contribution in [0, 0.1) is 11.8 Å². The van der Waals surface area contributed by atoms with Crippen molar-refractivity contribution in [2.45, 2.75) is 50.7 Å². The van der Waals surface area contributed by atoms with Crippen LogP contribution in [0.25, 0.3) is 27.7 Å². The lowest BCUT2D eigenvalue weighted by Crippen LogP contribution is -2.65. The summed E-state index contributed by atoms with van der Waals surface area (Å²) in [5.41, 5.74) is 4.89. The van der Waals surface area contributed by atoms with Crippen molar-refractivity contribution in [2.24, 2.45) is 17.6 Å². The van der Waals surface area contributed by atoms with Crippen LogP contribution in [0.4, 0.5) is 0 Å². The molecule has 48 heavy (non-hydrogen) atoms. The number of carbonyl (C=O) groups excluding carboxylic acids is 4. The van der Waals surface area contributed by atoms with E-state index in [1.807, 2.05) is 36.4 Å². The van der Waals surface area contributed by atoms with Gasteiger partial charge in [-0.05, 0) is 91.7 Å². The van der Waals surface area contributed by atoms with Crippen LogP contribution in [0.5, 0.6) is 5.75 Å². The Bertz CT molecular complexity index is 1960. The second-order valence-electron chi connectivity index (χ2n) is 12.9. The molecule has 11 nitrogen and oxygen atoms in total. The molecule has 3 aromatic rings. The van der Waals surface area contributed by atoms with Gasteiger partial charge in [0.2, 0.25) is 5.78 Å². The van der Waals surface area contributed by atoms with Crippen molar-refractivity contribution < 1.29 is 44.3 Å². The van der Waals surface area contributed by atoms with Gasteiger partial charge in [-0.15, -0.1) is 0 Å². The fourth-order valence-electron chi connectivity index (χ4n) is 7.97. The zero-order chi connectivity index (χ0) is 34.7. The molecule has 6 rings (SSSR count). The molecule has 1 amide bonds. The van der Waals surface area contributed by atoms with Gasteiger partial charge in [0.25, 0.3) is 5.91 Å². The summed E-state index contributed by atoms with van der Waals surface area (Å²) < 4.78 is 5.07. The van der Waals surface area contributed by atoms with Crippen molar-refractivity contribution in [1.82, 2.24) is 4.90 Å². The first-order valence-corrected chi connectivity index (χ1v) is 16.0. The molecule has 1 fully saturated rings. The molecule has 11 heteroatoms. The number of likely N-dealkylation sites (N-methyl/N-ethyl adjacent to an activating group) is 1. The van der Waals surface area contributed by atoms with E-state index in [1.54, 1.807) is 27.1 Å². The number of aryl methyl sites for hydroxylation is 1. The number of nitrogens with zero attached hydrogens (tertiary/aromatic N) is 1. The summed E-state index contributed by atoms with van der Waals surface area (Å²) >= 11 is 0. The Morgan fingerprint density at radius 3 is 2.35 bits per heavy atom. The van der Waals surface area contributed by atoms with E-state index < -0.39 is 58.0 Å². The van der Waals surface area contributed by atoms with Crippen molar-refractivity contribution in [3.63, 3.8) is 0 Å². The third-order valence-corrected chi connectivity index (χ3v) is 10.0. The van der Waals surface area contributed by atoms with Gasteiger partial charge in [0, 0.05) is 17.9 Å². The van der Waals surface area contributed by atoms with Gasteiger partial charge in [-0.3, -0.25) is 24.1 Å². The number of hydrogen-bond donors (Lipinski definition) is 5. The number of amides is 1. The predicted octanol–water partition coefficient (Wildman–Crippen LogP) is 3.67. The maximum Gasteiger partial charge on any atom is 0.305 e. The van der Waals surface area contributed by atoms with Crippen LogP contribution in [-0.2, 0) is 36.8 Å². The second kappa shape index (κ2) is 12.2. The van der Waals surface area contributed by atoms with Crippen LogP contribution in [0.15, 0.2) is 65.4 Å². The van der Waals surface area contributed by atoms with E-state index >= 15 is 0 Å². The molecule has 0 aliphatic heterocycles. The number of phenols is 1. The zero-order valence-corrected chi connectivity index (χ0v) is 26.9. The molecule has 0 unspecified atom stereocenters. The highest BCUT2D eigenvalue weighted by Gasteiger charge is 2.64. The number of fused-ring (bicyclic) bond motifs is 4. The van der Waals surface area contributed by atoms with Crippen molar-refractivity contribution in [1.29, 1.82) is 0 Å². The highest BCUT2D eigenvalue weighted by molar-refractivity contribution is 6.24. The minimum Gasteiger partial charge on any atom is -0.508 e. The first-order valence-electron chi connectivity index (χ1n) is 16.0. The smallest absolute Gasteiger partial charge is 0.305 e. The molecule has 3 aliphatic rings. The summed E-state index contributed by atoms with van der Waals surface area (Å²) in [6, 6.07) is 13.8. The Kier molecular flexibility index (Phi) is 8.38. The Morgan fingerprint density at radius 1 is 1.00 bits per heavy atom. The zero-order valence-electron chi connectivity index (χ0n) is 26.9. The molecule has 0 bridgehead atoms. The molecule has 3 aliphatic carbocycles. The van der Waals surface area contributed by atoms with E-state index in [0.29, 0.717) is 31.4 Å². The van der Waals surface area contributed by atoms with Crippen molar-refractivity contribution in [2.75, 3.05) is 20.7 Å². The number of hydrogen-bond acceptors (Lipinski definition) is 10. The van der Waals surface area contributed by atoms with Gasteiger partial charge < -0.3 is 30.9 Å². The number of Topliss-reactive ketones (excluding diaryl/α,β-unsaturated/α-hetero) is 2. The van der Waals surface area contributed by atoms with E-state index in [1.165, 1.54) is 11.0 Å². The summed E-state index contributed by atoms with van der Waals surface area (Å²) in [6.07, 6.45) is 1.74. The lowest BCUT2D eigenvalue weighted by molar-refractivity contribution is -0.153. The molecular weight excluding hydrogens is 616 g/mol. The second-order valence-corrected chi connectivity index (χ2v) is 12.9. The number of ether oxygens (including phenoxy) is 1. The van der Waals surface area contributed by atoms with Crippen LogP contribution < -0.4 is 5.73 Å². The molecule has 250 valence electrons. The first kappa shape index (κ1) is 32.9. The number of esters is 1. The summed E-state index contributed by atoms with van der Waals surface area (Å²) in [6.45, 7) is 2.11. The van der Waals surface area contributed by atoms with E-state index in [4.69, 9.17) is 10.5 Å². The van der Waals surface area contributed by atoms with Gasteiger partial charge in [-0.1, -0.05) is 42.5 Å². The minimum atomic E-state index is -2.70. The normalized spacial score (nSPS) is 23.6. The highest BCUT2D eigenvalue weighted by atomic mass is 16.5.